The summed E-state index contributed by atoms with van der Waals surface area (Å²) < 4.78 is 0. The second-order valence-electron chi connectivity index (χ2n) is 5.00. The summed E-state index contributed by atoms with van der Waals surface area (Å²) in [5.41, 5.74) is 1.60. The summed E-state index contributed by atoms with van der Waals surface area (Å²) in [4.78, 5) is 0. The molecule has 1 unspecified atom stereocenters. The van der Waals surface area contributed by atoms with E-state index in [4.69, 9.17) is 0 Å². The summed E-state index contributed by atoms with van der Waals surface area (Å²) in [6.45, 7) is 4.36. The summed E-state index contributed by atoms with van der Waals surface area (Å²) in [5, 5.41) is 10.6. The van der Waals surface area contributed by atoms with Crippen LogP contribution in [0, 0.1) is 0 Å². The Hall–Kier alpha value is -1.08. The number of benzene rings is 1. The van der Waals surface area contributed by atoms with Gasteiger partial charge in [-0.2, -0.15) is 0 Å². The lowest BCUT2D eigenvalue weighted by molar-refractivity contribution is 0.0725. The number of hydrogen-bond acceptors (Lipinski definition) is 1. The van der Waals surface area contributed by atoms with E-state index in [-0.39, 0.29) is 0 Å². The molecule has 0 amide bonds. The third-order valence-corrected chi connectivity index (χ3v) is 3.38. The average Bonchev–Trinajstić information content (AvgIpc) is 2.30. The second kappa shape index (κ2) is 4.42. The summed E-state index contributed by atoms with van der Waals surface area (Å²) in [6.07, 6.45) is 7.04. The Labute approximate surface area is 97.8 Å². The highest BCUT2D eigenvalue weighted by Gasteiger charge is 2.27. The zero-order chi connectivity index (χ0) is 11.6. The normalized spacial score (nSPS) is 25.0. The molecule has 1 atom stereocenters. The van der Waals surface area contributed by atoms with Gasteiger partial charge in [-0.15, -0.1) is 0 Å². The molecule has 0 radical (unpaired) electrons. The highest BCUT2D eigenvalue weighted by Crippen LogP contribution is 2.33. The fraction of sp³-hybridized carbons (Fsp3) is 0.467. The van der Waals surface area contributed by atoms with E-state index >= 15 is 0 Å². The Balaban J connectivity index is 2.36. The number of hydrogen-bond donors (Lipinski definition) is 1. The minimum atomic E-state index is -0.733. The molecular weight excluding hydrogens is 196 g/mol. The van der Waals surface area contributed by atoms with Crippen LogP contribution >= 0.6 is 0 Å². The van der Waals surface area contributed by atoms with E-state index in [9.17, 15) is 5.11 Å². The van der Waals surface area contributed by atoms with E-state index < -0.39 is 5.60 Å². The number of rotatable bonds is 2. The van der Waals surface area contributed by atoms with E-state index in [1.807, 2.05) is 18.2 Å². The fourth-order valence-electron chi connectivity index (χ4n) is 2.26. The van der Waals surface area contributed by atoms with Crippen LogP contribution in [-0.2, 0) is 5.60 Å². The summed E-state index contributed by atoms with van der Waals surface area (Å²) in [7, 11) is 0. The van der Waals surface area contributed by atoms with Crippen molar-refractivity contribution in [2.75, 3.05) is 0 Å². The maximum Gasteiger partial charge on any atom is 0.108 e. The fourth-order valence-corrected chi connectivity index (χ4v) is 2.26. The molecule has 1 aromatic carbocycles. The molecule has 0 saturated carbocycles. The molecule has 1 N–H and O–H groups in total. The van der Waals surface area contributed by atoms with Crippen molar-refractivity contribution in [1.29, 1.82) is 0 Å². The van der Waals surface area contributed by atoms with Gasteiger partial charge in [0.2, 0.25) is 0 Å². The molecule has 16 heavy (non-hydrogen) atoms. The van der Waals surface area contributed by atoms with Crippen LogP contribution < -0.4 is 0 Å². The minimum Gasteiger partial charge on any atom is -0.381 e. The molecule has 0 heterocycles. The molecule has 1 aliphatic carbocycles. The number of aliphatic hydroxyl groups is 1. The van der Waals surface area contributed by atoms with Crippen molar-refractivity contribution in [2.24, 2.45) is 0 Å². The molecule has 2 rings (SSSR count). The van der Waals surface area contributed by atoms with Crippen LogP contribution in [0.4, 0.5) is 0 Å². The van der Waals surface area contributed by atoms with Crippen LogP contribution in [0.3, 0.4) is 0 Å². The molecule has 0 aromatic heterocycles. The zero-order valence-corrected chi connectivity index (χ0v) is 10.1. The van der Waals surface area contributed by atoms with E-state index in [1.165, 1.54) is 5.56 Å². The van der Waals surface area contributed by atoms with E-state index in [0.29, 0.717) is 5.92 Å². The van der Waals surface area contributed by atoms with Crippen LogP contribution in [0.5, 0.6) is 0 Å². The predicted octanol–water partition coefficient (Wildman–Crippen LogP) is 3.74. The lowest BCUT2D eigenvalue weighted by Gasteiger charge is -2.28. The van der Waals surface area contributed by atoms with E-state index in [0.717, 1.165) is 24.8 Å². The average molecular weight is 216 g/mol. The second-order valence-corrected chi connectivity index (χ2v) is 5.00. The van der Waals surface area contributed by atoms with Crippen LogP contribution in [-0.4, -0.2) is 5.11 Å². The SMILES string of the molecule is CC(C)c1cccc(C2(O)C=CCCC2)c1. The molecule has 0 bridgehead atoms. The molecule has 0 spiro atoms. The standard InChI is InChI=1S/C15H20O/c1-12(2)13-7-6-8-14(11-13)15(16)9-4-3-5-10-15/h4,6-9,11-12,16H,3,5,10H2,1-2H3. The van der Waals surface area contributed by atoms with Gasteiger partial charge in [0, 0.05) is 0 Å². The van der Waals surface area contributed by atoms with Crippen molar-refractivity contribution in [1.82, 2.24) is 0 Å². The smallest absolute Gasteiger partial charge is 0.108 e. The third kappa shape index (κ3) is 2.19. The van der Waals surface area contributed by atoms with Crippen molar-refractivity contribution >= 4 is 0 Å². The van der Waals surface area contributed by atoms with Crippen LogP contribution in [0.15, 0.2) is 36.4 Å². The van der Waals surface area contributed by atoms with Crippen molar-refractivity contribution in [2.45, 2.75) is 44.6 Å². The Bertz CT molecular complexity index is 392. The highest BCUT2D eigenvalue weighted by atomic mass is 16.3. The lowest BCUT2D eigenvalue weighted by atomic mass is 9.83. The van der Waals surface area contributed by atoms with Gasteiger partial charge in [0.15, 0.2) is 0 Å². The van der Waals surface area contributed by atoms with Crippen molar-refractivity contribution in [3.05, 3.63) is 47.5 Å². The molecular formula is C15H20O. The molecule has 1 aromatic rings. The maximum absolute atomic E-state index is 10.6. The zero-order valence-electron chi connectivity index (χ0n) is 10.1. The number of allylic oxidation sites excluding steroid dienone is 1. The molecule has 0 saturated heterocycles. The Morgan fingerprint density at radius 2 is 2.12 bits per heavy atom. The van der Waals surface area contributed by atoms with E-state index in [2.05, 4.69) is 32.1 Å². The lowest BCUT2D eigenvalue weighted by Crippen LogP contribution is -2.24. The van der Waals surface area contributed by atoms with E-state index in [1.54, 1.807) is 0 Å². The van der Waals surface area contributed by atoms with Crippen LogP contribution in [0.1, 0.15) is 50.2 Å². The first-order chi connectivity index (χ1) is 7.62. The first-order valence-corrected chi connectivity index (χ1v) is 6.12. The van der Waals surface area contributed by atoms with Gasteiger partial charge >= 0.3 is 0 Å². The van der Waals surface area contributed by atoms with Gasteiger partial charge < -0.3 is 5.11 Å². The maximum atomic E-state index is 10.6. The van der Waals surface area contributed by atoms with Gasteiger partial charge in [-0.1, -0.05) is 50.3 Å². The minimum absolute atomic E-state index is 0.510. The van der Waals surface area contributed by atoms with Gasteiger partial charge in [-0.3, -0.25) is 0 Å². The molecule has 86 valence electrons. The topological polar surface area (TPSA) is 20.2 Å². The first kappa shape index (κ1) is 11.4. The Kier molecular flexibility index (Phi) is 3.15. The Morgan fingerprint density at radius 3 is 2.75 bits per heavy atom. The predicted molar refractivity (Wildman–Crippen MR) is 67.4 cm³/mol. The molecule has 0 fully saturated rings. The summed E-state index contributed by atoms with van der Waals surface area (Å²) >= 11 is 0. The van der Waals surface area contributed by atoms with Crippen LogP contribution in [0.25, 0.3) is 0 Å². The Morgan fingerprint density at radius 1 is 1.31 bits per heavy atom. The quantitative estimate of drug-likeness (QED) is 0.747. The third-order valence-electron chi connectivity index (χ3n) is 3.38. The molecule has 1 nitrogen and oxygen atoms in total. The van der Waals surface area contributed by atoms with Crippen molar-refractivity contribution < 1.29 is 5.11 Å². The first-order valence-electron chi connectivity index (χ1n) is 6.12. The largest absolute Gasteiger partial charge is 0.381 e. The molecule has 1 aliphatic rings. The van der Waals surface area contributed by atoms with Gasteiger partial charge in [0.1, 0.15) is 5.60 Å². The van der Waals surface area contributed by atoms with Crippen molar-refractivity contribution in [3.8, 4) is 0 Å². The summed E-state index contributed by atoms with van der Waals surface area (Å²) in [6, 6.07) is 8.34. The monoisotopic (exact) mass is 216 g/mol. The summed E-state index contributed by atoms with van der Waals surface area (Å²) in [5.74, 6) is 0.510. The highest BCUT2D eigenvalue weighted by molar-refractivity contribution is 5.33. The van der Waals surface area contributed by atoms with Gasteiger partial charge in [0.25, 0.3) is 0 Å². The van der Waals surface area contributed by atoms with Crippen LogP contribution in [0.2, 0.25) is 0 Å². The van der Waals surface area contributed by atoms with Crippen molar-refractivity contribution in [3.63, 3.8) is 0 Å². The molecule has 0 aliphatic heterocycles. The van der Waals surface area contributed by atoms with Gasteiger partial charge in [0.05, 0.1) is 0 Å². The van der Waals surface area contributed by atoms with Gasteiger partial charge in [-0.05, 0) is 36.3 Å². The molecule has 1 heteroatoms. The van der Waals surface area contributed by atoms with Gasteiger partial charge in [-0.25, -0.2) is 0 Å².